The Kier molecular flexibility index (Phi) is 9.76. The first-order valence-corrected chi connectivity index (χ1v) is 9.62. The average Bonchev–Trinajstić information content (AvgIpc) is 3.56. The van der Waals surface area contributed by atoms with Crippen LogP contribution in [0.2, 0.25) is 0 Å². The highest BCUT2D eigenvalue weighted by Crippen LogP contribution is 2.29. The van der Waals surface area contributed by atoms with Gasteiger partial charge in [-0.1, -0.05) is 30.9 Å². The van der Waals surface area contributed by atoms with Crippen molar-refractivity contribution in [1.29, 1.82) is 0 Å². The Morgan fingerprint density at radius 1 is 1.21 bits per heavy atom. The summed E-state index contributed by atoms with van der Waals surface area (Å²) in [7, 11) is 1.76. The third-order valence-electron chi connectivity index (χ3n) is 4.42. The van der Waals surface area contributed by atoms with E-state index in [2.05, 4.69) is 27.2 Å². The molecule has 1 aromatic heterocycles. The zero-order valence-corrected chi connectivity index (χ0v) is 19.1. The predicted molar refractivity (Wildman–Crippen MR) is 127 cm³/mol. The fraction of sp³-hybridized carbons (Fsp3) is 0.364. The van der Waals surface area contributed by atoms with E-state index in [1.165, 1.54) is 12.8 Å². The van der Waals surface area contributed by atoms with Gasteiger partial charge in [-0.05, 0) is 36.5 Å². The first-order chi connectivity index (χ1) is 13.8. The number of guanidine groups is 1. The predicted octanol–water partition coefficient (Wildman–Crippen LogP) is 3.92. The van der Waals surface area contributed by atoms with Crippen LogP contribution < -0.4 is 20.1 Å². The topological polar surface area (TPSA) is 67.8 Å². The molecule has 0 radical (unpaired) electrons. The van der Waals surface area contributed by atoms with Gasteiger partial charge in [0.05, 0.1) is 6.61 Å². The quantitative estimate of drug-likeness (QED) is 0.221. The van der Waals surface area contributed by atoms with Crippen molar-refractivity contribution in [2.24, 2.45) is 10.9 Å². The lowest BCUT2D eigenvalue weighted by Gasteiger charge is -2.14. The van der Waals surface area contributed by atoms with Crippen molar-refractivity contribution in [2.75, 3.05) is 20.3 Å². The Hall–Kier alpha value is -2.29. The minimum atomic E-state index is 0. The van der Waals surface area contributed by atoms with Gasteiger partial charge in [-0.2, -0.15) is 0 Å². The van der Waals surface area contributed by atoms with Gasteiger partial charge < -0.3 is 20.1 Å². The van der Waals surface area contributed by atoms with Crippen molar-refractivity contribution < 1.29 is 9.47 Å². The molecule has 1 heterocycles. The molecule has 1 fully saturated rings. The lowest BCUT2D eigenvalue weighted by molar-refractivity contribution is 0.288. The molecule has 156 valence electrons. The van der Waals surface area contributed by atoms with Gasteiger partial charge in [-0.15, -0.1) is 24.0 Å². The highest BCUT2D eigenvalue weighted by Gasteiger charge is 2.22. The maximum atomic E-state index is 5.75. The van der Waals surface area contributed by atoms with E-state index in [0.29, 0.717) is 31.5 Å². The van der Waals surface area contributed by atoms with Crippen LogP contribution in [0.15, 0.2) is 60.2 Å². The van der Waals surface area contributed by atoms with Gasteiger partial charge in [-0.25, -0.2) is 4.98 Å². The second-order valence-electron chi connectivity index (χ2n) is 6.74. The molecule has 6 nitrogen and oxygen atoms in total. The van der Waals surface area contributed by atoms with Crippen molar-refractivity contribution in [3.05, 3.63) is 66.4 Å². The molecule has 0 saturated heterocycles. The molecule has 0 unspecified atom stereocenters. The van der Waals surface area contributed by atoms with E-state index in [4.69, 9.17) is 9.47 Å². The maximum Gasteiger partial charge on any atom is 0.213 e. The Labute approximate surface area is 189 Å². The molecule has 1 aliphatic carbocycles. The van der Waals surface area contributed by atoms with Crippen molar-refractivity contribution in [3.63, 3.8) is 0 Å². The lowest BCUT2D eigenvalue weighted by atomic mass is 10.2. The summed E-state index contributed by atoms with van der Waals surface area (Å²) in [4.78, 5) is 8.57. The normalized spacial score (nSPS) is 13.2. The van der Waals surface area contributed by atoms with Crippen LogP contribution in [0.3, 0.4) is 0 Å². The van der Waals surface area contributed by atoms with Crippen LogP contribution in [0.25, 0.3) is 0 Å². The minimum Gasteiger partial charge on any atom is -0.489 e. The second kappa shape index (κ2) is 12.3. The van der Waals surface area contributed by atoms with Crippen molar-refractivity contribution in [3.8, 4) is 11.6 Å². The van der Waals surface area contributed by atoms with Gasteiger partial charge in [0.15, 0.2) is 5.96 Å². The third kappa shape index (κ3) is 7.92. The van der Waals surface area contributed by atoms with E-state index in [0.717, 1.165) is 29.4 Å². The van der Waals surface area contributed by atoms with Crippen molar-refractivity contribution in [2.45, 2.75) is 25.9 Å². The standard InChI is InChI=1S/C22H28N4O2.HI/c1-3-12-27-20-7-5-4-6-19(20)15-26-22(23-2)25-14-18-10-11-24-21(13-18)28-16-17-8-9-17;/h3-7,10-11,13,17H,1,8-9,12,14-16H2,2H3,(H2,23,25,26);1H. The Morgan fingerprint density at radius 2 is 2.00 bits per heavy atom. The molecule has 1 aliphatic rings. The van der Waals surface area contributed by atoms with E-state index in [-0.39, 0.29) is 24.0 Å². The minimum absolute atomic E-state index is 0. The van der Waals surface area contributed by atoms with E-state index in [1.54, 1.807) is 19.3 Å². The molecule has 2 aromatic rings. The zero-order valence-electron chi connectivity index (χ0n) is 16.8. The van der Waals surface area contributed by atoms with Gasteiger partial charge in [-0.3, -0.25) is 4.99 Å². The molecular formula is C22H29IN4O2. The number of pyridine rings is 1. The molecular weight excluding hydrogens is 479 g/mol. The number of nitrogens with one attached hydrogen (secondary N) is 2. The number of benzene rings is 1. The fourth-order valence-electron chi connectivity index (χ4n) is 2.65. The summed E-state index contributed by atoms with van der Waals surface area (Å²) in [5, 5.41) is 6.64. The molecule has 0 amide bonds. The lowest BCUT2D eigenvalue weighted by Crippen LogP contribution is -2.36. The zero-order chi connectivity index (χ0) is 19.6. The number of aliphatic imine (C=N–C) groups is 1. The average molecular weight is 508 g/mol. The monoisotopic (exact) mass is 508 g/mol. The molecule has 0 spiro atoms. The molecule has 1 aromatic carbocycles. The van der Waals surface area contributed by atoms with Gasteiger partial charge in [0, 0.05) is 38.0 Å². The van der Waals surface area contributed by atoms with E-state index < -0.39 is 0 Å². The Bertz CT molecular complexity index is 809. The van der Waals surface area contributed by atoms with Crippen LogP contribution in [0.1, 0.15) is 24.0 Å². The second-order valence-corrected chi connectivity index (χ2v) is 6.74. The molecule has 0 atom stereocenters. The largest absolute Gasteiger partial charge is 0.489 e. The number of ether oxygens (including phenoxy) is 2. The van der Waals surface area contributed by atoms with E-state index in [1.807, 2.05) is 36.4 Å². The number of nitrogens with zero attached hydrogens (tertiary/aromatic N) is 2. The molecule has 2 N–H and O–H groups in total. The molecule has 0 aliphatic heterocycles. The number of rotatable bonds is 10. The Morgan fingerprint density at radius 3 is 2.76 bits per heavy atom. The van der Waals surface area contributed by atoms with Crippen LogP contribution in [0.4, 0.5) is 0 Å². The van der Waals surface area contributed by atoms with Gasteiger partial charge >= 0.3 is 0 Å². The molecule has 3 rings (SSSR count). The van der Waals surface area contributed by atoms with Gasteiger partial charge in [0.2, 0.25) is 5.88 Å². The summed E-state index contributed by atoms with van der Waals surface area (Å²) in [6.45, 7) is 6.19. The number of para-hydroxylation sites is 1. The van der Waals surface area contributed by atoms with Crippen LogP contribution in [0, 0.1) is 5.92 Å². The summed E-state index contributed by atoms with van der Waals surface area (Å²) in [5.74, 6) is 2.96. The summed E-state index contributed by atoms with van der Waals surface area (Å²) in [5.41, 5.74) is 2.16. The molecule has 0 bridgehead atoms. The van der Waals surface area contributed by atoms with Gasteiger partial charge in [0.25, 0.3) is 0 Å². The fourth-order valence-corrected chi connectivity index (χ4v) is 2.65. The van der Waals surface area contributed by atoms with Crippen LogP contribution in [-0.2, 0) is 13.1 Å². The molecule has 7 heteroatoms. The first-order valence-electron chi connectivity index (χ1n) is 9.62. The molecule has 1 saturated carbocycles. The summed E-state index contributed by atoms with van der Waals surface area (Å²) < 4.78 is 11.4. The summed E-state index contributed by atoms with van der Waals surface area (Å²) in [6, 6.07) is 11.9. The van der Waals surface area contributed by atoms with Crippen molar-refractivity contribution >= 4 is 29.9 Å². The highest BCUT2D eigenvalue weighted by atomic mass is 127. The van der Waals surface area contributed by atoms with Crippen LogP contribution in [-0.4, -0.2) is 31.2 Å². The van der Waals surface area contributed by atoms with E-state index in [9.17, 15) is 0 Å². The maximum absolute atomic E-state index is 5.75. The first kappa shape index (κ1) is 23.0. The van der Waals surface area contributed by atoms with E-state index >= 15 is 0 Å². The highest BCUT2D eigenvalue weighted by molar-refractivity contribution is 14.0. The van der Waals surface area contributed by atoms with Gasteiger partial charge in [0.1, 0.15) is 12.4 Å². The smallest absolute Gasteiger partial charge is 0.213 e. The van der Waals surface area contributed by atoms with Crippen LogP contribution in [0.5, 0.6) is 11.6 Å². The third-order valence-corrected chi connectivity index (χ3v) is 4.42. The van der Waals surface area contributed by atoms with Crippen molar-refractivity contribution in [1.82, 2.24) is 15.6 Å². The Balaban J connectivity index is 0.00000300. The number of hydrogen-bond acceptors (Lipinski definition) is 4. The summed E-state index contributed by atoms with van der Waals surface area (Å²) >= 11 is 0. The van der Waals surface area contributed by atoms with Crippen LogP contribution >= 0.6 is 24.0 Å². The SMILES string of the molecule is C=CCOc1ccccc1CNC(=NC)NCc1ccnc(OCC2CC2)c1.I. The number of hydrogen-bond donors (Lipinski definition) is 2. The molecule has 29 heavy (non-hydrogen) atoms. The number of aromatic nitrogens is 1. The summed E-state index contributed by atoms with van der Waals surface area (Å²) in [6.07, 6.45) is 6.06. The number of halogens is 1.